The van der Waals surface area contributed by atoms with Gasteiger partial charge in [-0.2, -0.15) is 10.4 Å². The monoisotopic (exact) mass is 424 g/mol. The summed E-state index contributed by atoms with van der Waals surface area (Å²) in [7, 11) is 0. The predicted molar refractivity (Wildman–Crippen MR) is 116 cm³/mol. The number of esters is 1. The maximum atomic E-state index is 12.1. The van der Waals surface area contributed by atoms with Crippen LogP contribution in [0, 0.1) is 22.7 Å². The second-order valence-corrected chi connectivity index (χ2v) is 8.54. The van der Waals surface area contributed by atoms with Crippen molar-refractivity contribution in [2.24, 2.45) is 11.3 Å². The van der Waals surface area contributed by atoms with Crippen LogP contribution < -0.4 is 0 Å². The van der Waals surface area contributed by atoms with Crippen LogP contribution in [0.1, 0.15) is 64.3 Å². The zero-order valence-electron chi connectivity index (χ0n) is 21.8. The Hall–Kier alpha value is -3.21. The minimum Gasteiger partial charge on any atom is -0.443 e. The molecule has 0 saturated heterocycles. The Morgan fingerprint density at radius 2 is 2.16 bits per heavy atom. The van der Waals surface area contributed by atoms with Crippen LogP contribution in [0.5, 0.6) is 0 Å². The summed E-state index contributed by atoms with van der Waals surface area (Å²) in [4.78, 5) is 20.9. The molecule has 0 bridgehead atoms. The third-order valence-electron chi connectivity index (χ3n) is 5.24. The summed E-state index contributed by atoms with van der Waals surface area (Å²) >= 11 is 0. The molecule has 5 unspecified atom stereocenters. The van der Waals surface area contributed by atoms with Crippen LogP contribution in [0.4, 0.5) is 0 Å². The second kappa shape index (κ2) is 8.50. The number of nitriles is 1. The topological polar surface area (TPSA) is 98.6 Å². The molecule has 1 saturated carbocycles. The van der Waals surface area contributed by atoms with E-state index in [1.807, 2.05) is 6.07 Å². The highest BCUT2D eigenvalue weighted by molar-refractivity contribution is 5.90. The number of hydrogen-bond acceptors (Lipinski definition) is 6. The Bertz CT molecular complexity index is 1250. The molecule has 0 aromatic carbocycles. The Balaban J connectivity index is 1.63. The minimum absolute atomic E-state index is 0.0135. The second-order valence-electron chi connectivity index (χ2n) is 8.54. The van der Waals surface area contributed by atoms with Crippen molar-refractivity contribution >= 4 is 17.0 Å². The molecule has 31 heavy (non-hydrogen) atoms. The van der Waals surface area contributed by atoms with Gasteiger partial charge >= 0.3 is 5.97 Å². The average molecular weight is 425 g/mol. The molecule has 0 amide bonds. The number of nitrogens with zero attached hydrogens (tertiary/aromatic N) is 6. The third kappa shape index (κ3) is 4.31. The van der Waals surface area contributed by atoms with E-state index in [0.717, 1.165) is 5.39 Å². The summed E-state index contributed by atoms with van der Waals surface area (Å²) in [6.07, 6.45) is 2.64. The lowest BCUT2D eigenvalue weighted by Gasteiger charge is -2.21. The molecule has 4 rings (SSSR count). The lowest BCUT2D eigenvalue weighted by atomic mass is 9.96. The summed E-state index contributed by atoms with van der Waals surface area (Å²) in [6.45, 7) is 5.37. The minimum atomic E-state index is -0.993. The van der Waals surface area contributed by atoms with E-state index in [1.54, 1.807) is 48.6 Å². The summed E-state index contributed by atoms with van der Waals surface area (Å²) < 4.78 is 41.5. The van der Waals surface area contributed by atoms with Crippen molar-refractivity contribution < 1.29 is 15.0 Å². The zero-order valence-corrected chi connectivity index (χ0v) is 17.8. The van der Waals surface area contributed by atoms with Gasteiger partial charge in [-0.15, -0.1) is 0 Å². The number of carbonyl (C=O) groups is 1. The molecule has 3 aromatic rings. The van der Waals surface area contributed by atoms with Crippen molar-refractivity contribution in [1.82, 2.24) is 24.3 Å². The van der Waals surface area contributed by atoms with Crippen molar-refractivity contribution in [1.29, 1.82) is 5.26 Å². The van der Waals surface area contributed by atoms with Crippen molar-refractivity contribution in [3.05, 3.63) is 31.0 Å². The van der Waals surface area contributed by atoms with Gasteiger partial charge < -0.3 is 4.74 Å². The molecule has 1 fully saturated rings. The van der Waals surface area contributed by atoms with E-state index in [0.29, 0.717) is 16.9 Å². The van der Waals surface area contributed by atoms with E-state index in [4.69, 9.17) is 10.2 Å². The molecule has 8 nitrogen and oxygen atoms in total. The van der Waals surface area contributed by atoms with E-state index in [9.17, 15) is 10.1 Å². The lowest BCUT2D eigenvalue weighted by molar-refractivity contribution is -0.156. The molecule has 0 aliphatic heterocycles. The van der Waals surface area contributed by atoms with Gasteiger partial charge in [0, 0.05) is 28.8 Å². The van der Waals surface area contributed by atoms with Gasteiger partial charge in [-0.3, -0.25) is 14.0 Å². The number of carbonyl (C=O) groups excluding carboxylic acids is 1. The van der Waals surface area contributed by atoms with E-state index in [1.165, 1.54) is 6.33 Å². The molecule has 0 radical (unpaired) electrons. The summed E-state index contributed by atoms with van der Waals surface area (Å²) in [6, 6.07) is 3.34. The van der Waals surface area contributed by atoms with Gasteiger partial charge in [-0.05, 0) is 45.5 Å². The molecule has 3 aromatic heterocycles. The lowest BCUT2D eigenvalue weighted by Crippen LogP contribution is -2.23. The highest BCUT2D eigenvalue weighted by Crippen LogP contribution is 2.36. The fourth-order valence-corrected chi connectivity index (χ4v) is 3.53. The summed E-state index contributed by atoms with van der Waals surface area (Å²) in [5.41, 5.74) is 1.23. The fraction of sp³-hybridized carbons (Fsp3) is 0.522. The quantitative estimate of drug-likeness (QED) is 0.541. The molecule has 8 heteroatoms. The molecule has 1 aliphatic carbocycles. The largest absolute Gasteiger partial charge is 0.443 e. The fourth-order valence-electron chi connectivity index (χ4n) is 3.53. The number of ether oxygens (including phenoxy) is 1. The number of fused-ring (bicyclic) bond motifs is 1. The van der Waals surface area contributed by atoms with Gasteiger partial charge in [0.15, 0.2) is 6.73 Å². The maximum absolute atomic E-state index is 12.1. The standard InChI is InChI=1S/C23H28N6O2/c1-23(2,3)22(30)31-15-28-11-9-18-20(25-14-26-21(18)28)17-12-27-29(13-17)19(8-10-24)16-6-4-5-7-16/h9,11-14,16,19H,4-8,15H2,1-3H3/i4D,5D,6D,7D. The highest BCUT2D eigenvalue weighted by Gasteiger charge is 2.27. The van der Waals surface area contributed by atoms with Crippen molar-refractivity contribution in [2.75, 3.05) is 0 Å². The Labute approximate surface area is 187 Å². The van der Waals surface area contributed by atoms with Crippen molar-refractivity contribution in [3.63, 3.8) is 0 Å². The molecular formula is C23H28N6O2. The first-order valence-electron chi connectivity index (χ1n) is 12.4. The first-order valence-corrected chi connectivity index (χ1v) is 10.1. The molecular weight excluding hydrogens is 392 g/mol. The van der Waals surface area contributed by atoms with Crippen LogP contribution in [0.25, 0.3) is 22.3 Å². The first kappa shape index (κ1) is 16.5. The average Bonchev–Trinajstić information content (AvgIpc) is 3.51. The predicted octanol–water partition coefficient (Wildman–Crippen LogP) is 4.49. The van der Waals surface area contributed by atoms with Gasteiger partial charge in [0.05, 0.1) is 35.8 Å². The van der Waals surface area contributed by atoms with Gasteiger partial charge in [-0.25, -0.2) is 9.97 Å². The highest BCUT2D eigenvalue weighted by atomic mass is 16.5. The van der Waals surface area contributed by atoms with Crippen LogP contribution in [0.15, 0.2) is 31.0 Å². The van der Waals surface area contributed by atoms with Crippen LogP contribution in [-0.4, -0.2) is 30.3 Å². The normalized spacial score (nSPS) is 28.9. The van der Waals surface area contributed by atoms with Gasteiger partial charge in [0.1, 0.15) is 12.0 Å². The third-order valence-corrected chi connectivity index (χ3v) is 5.24. The van der Waals surface area contributed by atoms with Gasteiger partial charge in [-0.1, -0.05) is 12.8 Å². The zero-order chi connectivity index (χ0) is 25.5. The van der Waals surface area contributed by atoms with Crippen LogP contribution in [0.2, 0.25) is 0 Å². The molecule has 0 N–H and O–H groups in total. The van der Waals surface area contributed by atoms with Crippen LogP contribution in [0.3, 0.4) is 0 Å². The smallest absolute Gasteiger partial charge is 0.312 e. The number of aromatic nitrogens is 5. The first-order chi connectivity index (χ1) is 16.5. The van der Waals surface area contributed by atoms with Crippen molar-refractivity contribution in [2.45, 2.75) is 65.6 Å². The molecule has 5 atom stereocenters. The van der Waals surface area contributed by atoms with E-state index in [-0.39, 0.29) is 19.1 Å². The Kier molecular flexibility index (Phi) is 4.52. The van der Waals surface area contributed by atoms with Gasteiger partial charge in [0.25, 0.3) is 0 Å². The SMILES string of the molecule is [2H]C1C([2H])C([2H])C(C(CC#N)n2cc(-c3ncnc4c3ccn4COC(=O)C(C)(C)C)cn2)C1[2H]. The van der Waals surface area contributed by atoms with E-state index >= 15 is 0 Å². The molecule has 3 heterocycles. The van der Waals surface area contributed by atoms with Gasteiger partial charge in [0.2, 0.25) is 0 Å². The van der Waals surface area contributed by atoms with E-state index < -0.39 is 43.0 Å². The Morgan fingerprint density at radius 1 is 1.39 bits per heavy atom. The van der Waals surface area contributed by atoms with Crippen molar-refractivity contribution in [3.8, 4) is 17.3 Å². The summed E-state index contributed by atoms with van der Waals surface area (Å²) in [5.74, 6) is -0.980. The Morgan fingerprint density at radius 3 is 2.87 bits per heavy atom. The molecule has 162 valence electrons. The summed E-state index contributed by atoms with van der Waals surface area (Å²) in [5, 5.41) is 14.5. The maximum Gasteiger partial charge on any atom is 0.312 e. The molecule has 1 aliphatic rings. The number of rotatable bonds is 6. The van der Waals surface area contributed by atoms with E-state index in [2.05, 4.69) is 21.1 Å². The van der Waals surface area contributed by atoms with Crippen LogP contribution >= 0.6 is 0 Å². The molecule has 0 spiro atoms. The number of hydrogen-bond donors (Lipinski definition) is 0. The van der Waals surface area contributed by atoms with Crippen LogP contribution in [-0.2, 0) is 16.3 Å².